The van der Waals surface area contributed by atoms with Crippen LogP contribution in [0.3, 0.4) is 0 Å². The quantitative estimate of drug-likeness (QED) is 0.938. The molecule has 0 radical (unpaired) electrons. The Morgan fingerprint density at radius 1 is 1.42 bits per heavy atom. The number of piperidine rings is 1. The molecule has 126 valence electrons. The fraction of sp³-hybridized carbons (Fsp3) is 0.353. The molecule has 2 atom stereocenters. The fourth-order valence-corrected chi connectivity index (χ4v) is 3.10. The topological polar surface area (TPSA) is 75.4 Å². The van der Waals surface area contributed by atoms with E-state index in [1.165, 1.54) is 11.0 Å². The minimum absolute atomic E-state index is 0.107. The molecule has 1 fully saturated rings. The molecule has 1 aliphatic heterocycles. The van der Waals surface area contributed by atoms with E-state index in [1.54, 1.807) is 38.2 Å². The Morgan fingerprint density at radius 3 is 2.83 bits per heavy atom. The maximum Gasteiger partial charge on any atom is 0.231 e. The maximum atomic E-state index is 14.2. The van der Waals surface area contributed by atoms with Crippen LogP contribution in [0.15, 0.2) is 34.9 Å². The SMILES string of the molecule is Cc1cc(NC(=O)C2CCC(=O)N(C)C2c2ccccc2F)no1. The predicted molar refractivity (Wildman–Crippen MR) is 84.5 cm³/mol. The van der Waals surface area contributed by atoms with E-state index < -0.39 is 17.8 Å². The second kappa shape index (κ2) is 6.43. The number of benzene rings is 1. The number of rotatable bonds is 3. The van der Waals surface area contributed by atoms with Crippen molar-refractivity contribution in [1.29, 1.82) is 0 Å². The van der Waals surface area contributed by atoms with Crippen molar-refractivity contribution in [2.24, 2.45) is 5.92 Å². The Labute approximate surface area is 138 Å². The first-order valence-corrected chi connectivity index (χ1v) is 7.71. The van der Waals surface area contributed by atoms with Crippen LogP contribution in [0.25, 0.3) is 0 Å². The highest BCUT2D eigenvalue weighted by atomic mass is 19.1. The van der Waals surface area contributed by atoms with Gasteiger partial charge in [0.15, 0.2) is 5.82 Å². The van der Waals surface area contributed by atoms with E-state index in [9.17, 15) is 14.0 Å². The highest BCUT2D eigenvalue weighted by Crippen LogP contribution is 2.37. The van der Waals surface area contributed by atoms with E-state index in [4.69, 9.17) is 4.52 Å². The van der Waals surface area contributed by atoms with E-state index >= 15 is 0 Å². The van der Waals surface area contributed by atoms with Crippen LogP contribution in [0.5, 0.6) is 0 Å². The third-order valence-electron chi connectivity index (χ3n) is 4.30. The molecule has 1 aromatic carbocycles. The lowest BCUT2D eigenvalue weighted by Gasteiger charge is -2.38. The fourth-order valence-electron chi connectivity index (χ4n) is 3.10. The summed E-state index contributed by atoms with van der Waals surface area (Å²) in [6, 6.07) is 7.17. The van der Waals surface area contributed by atoms with E-state index in [2.05, 4.69) is 10.5 Å². The Morgan fingerprint density at radius 2 is 2.17 bits per heavy atom. The van der Waals surface area contributed by atoms with Gasteiger partial charge >= 0.3 is 0 Å². The van der Waals surface area contributed by atoms with Gasteiger partial charge in [-0.05, 0) is 19.4 Å². The van der Waals surface area contributed by atoms with Crippen molar-refractivity contribution in [3.63, 3.8) is 0 Å². The van der Waals surface area contributed by atoms with Crippen LogP contribution < -0.4 is 5.32 Å². The lowest BCUT2D eigenvalue weighted by molar-refractivity contribution is -0.140. The number of aromatic nitrogens is 1. The lowest BCUT2D eigenvalue weighted by Crippen LogP contribution is -2.45. The van der Waals surface area contributed by atoms with Crippen LogP contribution in [-0.4, -0.2) is 28.9 Å². The lowest BCUT2D eigenvalue weighted by atomic mass is 9.83. The number of amides is 2. The van der Waals surface area contributed by atoms with E-state index in [-0.39, 0.29) is 18.2 Å². The maximum absolute atomic E-state index is 14.2. The largest absolute Gasteiger partial charge is 0.360 e. The van der Waals surface area contributed by atoms with Gasteiger partial charge in [-0.3, -0.25) is 9.59 Å². The van der Waals surface area contributed by atoms with Crippen molar-refractivity contribution in [2.45, 2.75) is 25.8 Å². The average molecular weight is 331 g/mol. The van der Waals surface area contributed by atoms with Crippen LogP contribution >= 0.6 is 0 Å². The molecule has 3 rings (SSSR count). The van der Waals surface area contributed by atoms with Crippen molar-refractivity contribution in [3.05, 3.63) is 47.5 Å². The van der Waals surface area contributed by atoms with Gasteiger partial charge in [-0.25, -0.2) is 4.39 Å². The Balaban J connectivity index is 1.90. The molecule has 2 heterocycles. The van der Waals surface area contributed by atoms with Gasteiger partial charge in [0.25, 0.3) is 0 Å². The summed E-state index contributed by atoms with van der Waals surface area (Å²) in [6.07, 6.45) is 0.599. The Bertz CT molecular complexity index is 774. The molecule has 0 aliphatic carbocycles. The monoisotopic (exact) mass is 331 g/mol. The molecule has 6 nitrogen and oxygen atoms in total. The molecular weight excluding hydrogens is 313 g/mol. The molecule has 0 spiro atoms. The van der Waals surface area contributed by atoms with Crippen LogP contribution in [-0.2, 0) is 9.59 Å². The van der Waals surface area contributed by atoms with Gasteiger partial charge in [-0.1, -0.05) is 23.4 Å². The normalized spacial score (nSPS) is 21.0. The van der Waals surface area contributed by atoms with Gasteiger partial charge in [0.2, 0.25) is 11.8 Å². The number of likely N-dealkylation sites (tertiary alicyclic amines) is 1. The number of aryl methyl sites for hydroxylation is 1. The number of carbonyl (C=O) groups excluding carboxylic acids is 2. The minimum atomic E-state index is -0.652. The standard InChI is InChI=1S/C17H18FN3O3/c1-10-9-14(20-24-10)19-17(23)12-7-8-15(22)21(2)16(12)11-5-3-4-6-13(11)18/h3-6,9,12,16H,7-8H2,1-2H3,(H,19,20,23). The molecule has 0 bridgehead atoms. The molecule has 24 heavy (non-hydrogen) atoms. The summed E-state index contributed by atoms with van der Waals surface area (Å²) in [6.45, 7) is 1.72. The number of halogens is 1. The van der Waals surface area contributed by atoms with E-state index in [0.29, 0.717) is 23.6 Å². The van der Waals surface area contributed by atoms with Crippen LogP contribution in [0.4, 0.5) is 10.2 Å². The first-order chi connectivity index (χ1) is 11.5. The van der Waals surface area contributed by atoms with Crippen molar-refractivity contribution in [1.82, 2.24) is 10.1 Å². The molecule has 7 heteroatoms. The second-order valence-electron chi connectivity index (χ2n) is 5.93. The highest BCUT2D eigenvalue weighted by Gasteiger charge is 2.40. The predicted octanol–water partition coefficient (Wildman–Crippen LogP) is 2.67. The third kappa shape index (κ3) is 3.02. The van der Waals surface area contributed by atoms with Gasteiger partial charge in [0, 0.05) is 25.1 Å². The van der Waals surface area contributed by atoms with Crippen molar-refractivity contribution < 1.29 is 18.5 Å². The number of nitrogens with one attached hydrogen (secondary N) is 1. The summed E-state index contributed by atoms with van der Waals surface area (Å²) in [7, 11) is 1.60. The smallest absolute Gasteiger partial charge is 0.231 e. The Hall–Kier alpha value is -2.70. The van der Waals surface area contributed by atoms with Gasteiger partial charge in [0.05, 0.1) is 12.0 Å². The average Bonchev–Trinajstić information content (AvgIpc) is 2.95. The molecule has 2 amide bonds. The van der Waals surface area contributed by atoms with Crippen molar-refractivity contribution in [2.75, 3.05) is 12.4 Å². The van der Waals surface area contributed by atoms with Gasteiger partial charge in [-0.2, -0.15) is 0 Å². The van der Waals surface area contributed by atoms with Gasteiger partial charge in [-0.15, -0.1) is 0 Å². The number of nitrogens with zero attached hydrogens (tertiary/aromatic N) is 2. The summed E-state index contributed by atoms with van der Waals surface area (Å²) < 4.78 is 19.2. The molecular formula is C17H18FN3O3. The van der Waals surface area contributed by atoms with Crippen LogP contribution in [0, 0.1) is 18.7 Å². The zero-order valence-electron chi connectivity index (χ0n) is 13.5. The van der Waals surface area contributed by atoms with Crippen LogP contribution in [0.1, 0.15) is 30.2 Å². The van der Waals surface area contributed by atoms with Gasteiger partial charge < -0.3 is 14.7 Å². The van der Waals surface area contributed by atoms with Crippen molar-refractivity contribution in [3.8, 4) is 0 Å². The molecule has 2 unspecified atom stereocenters. The second-order valence-corrected chi connectivity index (χ2v) is 5.93. The van der Waals surface area contributed by atoms with E-state index in [1.807, 2.05) is 0 Å². The van der Waals surface area contributed by atoms with Crippen LogP contribution in [0.2, 0.25) is 0 Å². The number of hydrogen-bond acceptors (Lipinski definition) is 4. The molecule has 0 saturated carbocycles. The minimum Gasteiger partial charge on any atom is -0.360 e. The number of anilines is 1. The van der Waals surface area contributed by atoms with Gasteiger partial charge in [0.1, 0.15) is 11.6 Å². The summed E-state index contributed by atoms with van der Waals surface area (Å²) in [5.41, 5.74) is 0.338. The summed E-state index contributed by atoms with van der Waals surface area (Å²) in [5, 5.41) is 6.42. The zero-order chi connectivity index (χ0) is 17.3. The molecule has 1 N–H and O–H groups in total. The number of carbonyl (C=O) groups is 2. The molecule has 1 aliphatic rings. The highest BCUT2D eigenvalue weighted by molar-refractivity contribution is 5.94. The molecule has 2 aromatic rings. The summed E-state index contributed by atoms with van der Waals surface area (Å²) >= 11 is 0. The molecule has 1 saturated heterocycles. The Kier molecular flexibility index (Phi) is 4.33. The first kappa shape index (κ1) is 16.2. The van der Waals surface area contributed by atoms with E-state index in [0.717, 1.165) is 0 Å². The first-order valence-electron chi connectivity index (χ1n) is 7.71. The number of hydrogen-bond donors (Lipinski definition) is 1. The van der Waals surface area contributed by atoms with Crippen molar-refractivity contribution >= 4 is 17.6 Å². The zero-order valence-corrected chi connectivity index (χ0v) is 13.5. The third-order valence-corrected chi connectivity index (χ3v) is 4.30. The summed E-state index contributed by atoms with van der Waals surface area (Å²) in [5.74, 6) is -0.530. The molecule has 1 aromatic heterocycles. The summed E-state index contributed by atoms with van der Waals surface area (Å²) in [4.78, 5) is 26.2.